The molecular weight excluding hydrogens is 511 g/mol. The van der Waals surface area contributed by atoms with Gasteiger partial charge in [-0.15, -0.1) is 13.2 Å². The van der Waals surface area contributed by atoms with Crippen LogP contribution in [0.15, 0.2) is 74.5 Å². The van der Waals surface area contributed by atoms with E-state index >= 15 is 0 Å². The minimum atomic E-state index is -4.76. The molecule has 2 aromatic carbocycles. The molecule has 2 heterocycles. The molecule has 0 bridgehead atoms. The van der Waals surface area contributed by atoms with Gasteiger partial charge in [0.15, 0.2) is 0 Å². The van der Waals surface area contributed by atoms with Crippen LogP contribution in [0.4, 0.5) is 18.0 Å². The molecule has 5 nitrogen and oxygen atoms in total. The van der Waals surface area contributed by atoms with Gasteiger partial charge in [0.05, 0.1) is 11.4 Å². The predicted molar refractivity (Wildman–Crippen MR) is 116 cm³/mol. The van der Waals surface area contributed by atoms with Crippen LogP contribution in [0.5, 0.6) is 5.75 Å². The average molecular weight is 524 g/mol. The zero-order chi connectivity index (χ0) is 22.9. The summed E-state index contributed by atoms with van der Waals surface area (Å²) in [4.78, 5) is 26.4. The van der Waals surface area contributed by atoms with E-state index in [1.165, 1.54) is 30.3 Å². The van der Waals surface area contributed by atoms with Gasteiger partial charge in [0.2, 0.25) is 0 Å². The maximum atomic E-state index is 12.7. The number of benzene rings is 2. The van der Waals surface area contributed by atoms with Gasteiger partial charge in [-0.05, 0) is 65.9 Å². The van der Waals surface area contributed by atoms with Gasteiger partial charge in [0, 0.05) is 16.1 Å². The van der Waals surface area contributed by atoms with E-state index < -0.39 is 12.3 Å². The van der Waals surface area contributed by atoms with Crippen LogP contribution in [0.3, 0.4) is 0 Å². The molecule has 32 heavy (non-hydrogen) atoms. The Balaban J connectivity index is 1.47. The number of amides is 2. The van der Waals surface area contributed by atoms with Gasteiger partial charge in [-0.2, -0.15) is 0 Å². The van der Waals surface area contributed by atoms with Crippen molar-refractivity contribution >= 4 is 44.9 Å². The Morgan fingerprint density at radius 2 is 1.69 bits per heavy atom. The summed E-state index contributed by atoms with van der Waals surface area (Å²) in [5.74, 6) is -0.0318. The predicted octanol–water partition coefficient (Wildman–Crippen LogP) is 6.84. The van der Waals surface area contributed by atoms with E-state index in [2.05, 4.69) is 20.7 Å². The Hall–Kier alpha value is -2.98. The Bertz CT molecular complexity index is 1190. The average Bonchev–Trinajstić information content (AvgIpc) is 3.29. The third-order valence-corrected chi connectivity index (χ3v) is 5.84. The van der Waals surface area contributed by atoms with Crippen LogP contribution in [0.25, 0.3) is 17.4 Å². The number of alkyl halides is 3. The lowest BCUT2D eigenvalue weighted by molar-refractivity contribution is -0.274. The van der Waals surface area contributed by atoms with Gasteiger partial charge in [-0.25, -0.2) is 0 Å². The molecule has 1 saturated heterocycles. The van der Waals surface area contributed by atoms with Gasteiger partial charge in [-0.3, -0.25) is 14.5 Å². The Kier molecular flexibility index (Phi) is 6.16. The topological polar surface area (TPSA) is 59.8 Å². The lowest BCUT2D eigenvalue weighted by atomic mass is 10.2. The molecule has 1 aliphatic rings. The second kappa shape index (κ2) is 8.87. The van der Waals surface area contributed by atoms with Crippen molar-refractivity contribution in [1.29, 1.82) is 0 Å². The molecule has 0 atom stereocenters. The summed E-state index contributed by atoms with van der Waals surface area (Å²) in [6.07, 6.45) is -3.29. The van der Waals surface area contributed by atoms with E-state index in [0.29, 0.717) is 17.1 Å². The molecule has 1 aliphatic heterocycles. The molecule has 1 fully saturated rings. The summed E-state index contributed by atoms with van der Waals surface area (Å²) >= 11 is 4.16. The van der Waals surface area contributed by atoms with Crippen LogP contribution in [-0.2, 0) is 11.3 Å². The fraction of sp³-hybridized carbons (Fsp3) is 0.0909. The number of nitrogens with zero attached hydrogens (tertiary/aromatic N) is 1. The van der Waals surface area contributed by atoms with E-state index in [0.717, 1.165) is 26.7 Å². The molecule has 10 heteroatoms. The van der Waals surface area contributed by atoms with Gasteiger partial charge < -0.3 is 9.15 Å². The molecule has 0 radical (unpaired) electrons. The third-order valence-electron chi connectivity index (χ3n) is 4.40. The number of carbonyl (C=O) groups excluding carboxylic acids is 2. The van der Waals surface area contributed by atoms with Crippen LogP contribution in [0.1, 0.15) is 11.3 Å². The van der Waals surface area contributed by atoms with E-state index in [-0.39, 0.29) is 22.4 Å². The van der Waals surface area contributed by atoms with Crippen LogP contribution in [0, 0.1) is 0 Å². The van der Waals surface area contributed by atoms with Crippen LogP contribution in [0.2, 0.25) is 0 Å². The van der Waals surface area contributed by atoms with Gasteiger partial charge in [-0.1, -0.05) is 28.1 Å². The quantitative estimate of drug-likeness (QED) is 0.342. The highest BCUT2D eigenvalue weighted by Gasteiger charge is 2.35. The number of rotatable bonds is 5. The van der Waals surface area contributed by atoms with Gasteiger partial charge in [0.25, 0.3) is 11.1 Å². The Morgan fingerprint density at radius 3 is 2.34 bits per heavy atom. The number of carbonyl (C=O) groups is 2. The van der Waals surface area contributed by atoms with Crippen molar-refractivity contribution in [2.24, 2.45) is 0 Å². The number of hydrogen-bond donors (Lipinski definition) is 0. The lowest BCUT2D eigenvalue weighted by Gasteiger charge is -2.12. The zero-order valence-corrected chi connectivity index (χ0v) is 18.5. The highest BCUT2D eigenvalue weighted by Crippen LogP contribution is 2.34. The highest BCUT2D eigenvalue weighted by molar-refractivity contribution is 9.10. The lowest BCUT2D eigenvalue weighted by Crippen LogP contribution is -2.27. The summed E-state index contributed by atoms with van der Waals surface area (Å²) in [7, 11) is 0. The maximum absolute atomic E-state index is 12.7. The monoisotopic (exact) mass is 523 g/mol. The van der Waals surface area contributed by atoms with Crippen molar-refractivity contribution in [2.45, 2.75) is 12.9 Å². The SMILES string of the molecule is O=C1S/C(=C\c2ccc(-c3ccc(OC(F)(F)F)cc3)o2)C(=O)N1Cc1ccc(Br)cc1. The first-order chi connectivity index (χ1) is 15.2. The van der Waals surface area contributed by atoms with Crippen molar-refractivity contribution in [3.8, 4) is 17.1 Å². The van der Waals surface area contributed by atoms with E-state index in [9.17, 15) is 22.8 Å². The summed E-state index contributed by atoms with van der Waals surface area (Å²) in [5, 5.41) is -0.379. The number of ether oxygens (including phenoxy) is 1. The first kappa shape index (κ1) is 22.2. The maximum Gasteiger partial charge on any atom is 0.573 e. The fourth-order valence-electron chi connectivity index (χ4n) is 2.94. The normalized spacial score (nSPS) is 15.6. The van der Waals surface area contributed by atoms with Crippen LogP contribution >= 0.6 is 27.7 Å². The van der Waals surface area contributed by atoms with Gasteiger partial charge in [0.1, 0.15) is 17.3 Å². The molecule has 0 N–H and O–H groups in total. The standard InChI is InChI=1S/C22H13BrF3NO4S/c23-15-5-1-13(2-6-15)12-27-20(28)19(32-21(27)29)11-17-9-10-18(30-17)14-3-7-16(8-4-14)31-22(24,25)26/h1-11H,12H2/b19-11-. The molecule has 0 aliphatic carbocycles. The number of furan rings is 1. The van der Waals surface area contributed by atoms with Gasteiger partial charge >= 0.3 is 6.36 Å². The first-order valence-corrected chi connectivity index (χ1v) is 10.7. The van der Waals surface area contributed by atoms with E-state index in [4.69, 9.17) is 4.42 Å². The molecule has 1 aromatic heterocycles. The Labute approximate surface area is 193 Å². The van der Waals surface area contributed by atoms with Crippen molar-refractivity contribution < 1.29 is 31.9 Å². The third kappa shape index (κ3) is 5.25. The second-order valence-electron chi connectivity index (χ2n) is 6.67. The molecule has 4 rings (SSSR count). The van der Waals surface area contributed by atoms with Crippen molar-refractivity contribution in [3.63, 3.8) is 0 Å². The molecular formula is C22H13BrF3NO4S. The molecule has 0 spiro atoms. The zero-order valence-electron chi connectivity index (χ0n) is 16.1. The van der Waals surface area contributed by atoms with Crippen molar-refractivity contribution in [1.82, 2.24) is 4.90 Å². The smallest absolute Gasteiger partial charge is 0.457 e. The molecule has 0 unspecified atom stereocenters. The van der Waals surface area contributed by atoms with Crippen molar-refractivity contribution in [2.75, 3.05) is 0 Å². The minimum Gasteiger partial charge on any atom is -0.457 e. The molecule has 0 saturated carbocycles. The van der Waals surface area contributed by atoms with Crippen molar-refractivity contribution in [3.05, 3.63) is 81.4 Å². The number of thioether (sulfide) groups is 1. The van der Waals surface area contributed by atoms with E-state index in [1.807, 2.05) is 24.3 Å². The molecule has 164 valence electrons. The summed E-state index contributed by atoms with van der Waals surface area (Å²) in [6, 6.07) is 15.7. The summed E-state index contributed by atoms with van der Waals surface area (Å²) in [5.41, 5.74) is 1.34. The van der Waals surface area contributed by atoms with E-state index in [1.54, 1.807) is 12.1 Å². The van der Waals surface area contributed by atoms with Crippen LogP contribution in [-0.4, -0.2) is 22.4 Å². The summed E-state index contributed by atoms with van der Waals surface area (Å²) < 4.78 is 47.3. The molecule has 2 amide bonds. The second-order valence-corrected chi connectivity index (χ2v) is 8.58. The molecule has 3 aromatic rings. The summed E-state index contributed by atoms with van der Waals surface area (Å²) in [6.45, 7) is 0.158. The highest BCUT2D eigenvalue weighted by atomic mass is 79.9. The number of halogens is 4. The fourth-order valence-corrected chi connectivity index (χ4v) is 4.03. The van der Waals surface area contributed by atoms with Crippen LogP contribution < -0.4 is 4.74 Å². The number of hydrogen-bond acceptors (Lipinski definition) is 5. The minimum absolute atomic E-state index is 0.158. The Morgan fingerprint density at radius 1 is 1.00 bits per heavy atom. The first-order valence-electron chi connectivity index (χ1n) is 9.14. The largest absolute Gasteiger partial charge is 0.573 e. The number of imide groups is 1.